The van der Waals surface area contributed by atoms with Crippen molar-refractivity contribution in [3.05, 3.63) is 24.3 Å². The number of Topliss-reactive ketones (excluding diaryl/α,β-unsaturated/α-hetero) is 1. The largest absolute Gasteiger partial charge is 0.392 e. The number of aliphatic hydroxyl groups excluding tert-OH is 1. The lowest BCUT2D eigenvalue weighted by Gasteiger charge is -2.22. The fourth-order valence-electron chi connectivity index (χ4n) is 3.78. The van der Waals surface area contributed by atoms with Crippen LogP contribution in [0.15, 0.2) is 24.3 Å². The van der Waals surface area contributed by atoms with Crippen LogP contribution in [0.4, 0.5) is 0 Å². The number of carbonyl (C=O) groups excluding carboxylic acids is 1. The molecule has 3 heteroatoms. The molecule has 0 saturated heterocycles. The molecule has 0 aliphatic heterocycles. The van der Waals surface area contributed by atoms with Crippen LogP contribution >= 0.6 is 0 Å². The van der Waals surface area contributed by atoms with Crippen LogP contribution < -0.4 is 0 Å². The topological polar surface area (TPSA) is 57.5 Å². The molecular formula is C18H28O3. The molecule has 1 unspecified atom stereocenters. The summed E-state index contributed by atoms with van der Waals surface area (Å²) in [5.74, 6) is 0.204. The molecule has 2 rings (SSSR count). The van der Waals surface area contributed by atoms with E-state index in [0.29, 0.717) is 18.4 Å². The van der Waals surface area contributed by atoms with Gasteiger partial charge in [-0.05, 0) is 37.7 Å². The van der Waals surface area contributed by atoms with Gasteiger partial charge in [0.2, 0.25) is 0 Å². The van der Waals surface area contributed by atoms with Gasteiger partial charge in [-0.25, -0.2) is 0 Å². The summed E-state index contributed by atoms with van der Waals surface area (Å²) in [4.78, 5) is 12.0. The fraction of sp³-hybridized carbons (Fsp3) is 0.722. The predicted molar refractivity (Wildman–Crippen MR) is 83.8 cm³/mol. The zero-order valence-electron chi connectivity index (χ0n) is 13.2. The molecular weight excluding hydrogens is 264 g/mol. The smallest absolute Gasteiger partial charge is 0.161 e. The lowest BCUT2D eigenvalue weighted by atomic mass is 9.88. The number of carbonyl (C=O) groups is 1. The summed E-state index contributed by atoms with van der Waals surface area (Å²) in [6.45, 7) is 7.79. The van der Waals surface area contributed by atoms with E-state index < -0.39 is 11.7 Å². The Balaban J connectivity index is 1.99. The molecule has 2 fully saturated rings. The lowest BCUT2D eigenvalue weighted by molar-refractivity contribution is -0.118. The van der Waals surface area contributed by atoms with Gasteiger partial charge in [0.05, 0.1) is 11.7 Å². The van der Waals surface area contributed by atoms with E-state index in [4.69, 9.17) is 0 Å². The number of ketones is 1. The van der Waals surface area contributed by atoms with Gasteiger partial charge in [-0.15, -0.1) is 0 Å². The highest BCUT2D eigenvalue weighted by Gasteiger charge is 2.49. The third kappa shape index (κ3) is 3.64. The minimum Gasteiger partial charge on any atom is -0.392 e. The van der Waals surface area contributed by atoms with E-state index in [1.807, 2.05) is 19.1 Å². The maximum absolute atomic E-state index is 12.0. The molecule has 0 heterocycles. The summed E-state index contributed by atoms with van der Waals surface area (Å²) < 4.78 is 0. The normalized spacial score (nSPS) is 35.4. The Kier molecular flexibility index (Phi) is 5.05. The van der Waals surface area contributed by atoms with Crippen LogP contribution in [0.1, 0.15) is 52.4 Å². The predicted octanol–water partition coefficient (Wildman–Crippen LogP) is 3.02. The van der Waals surface area contributed by atoms with Crippen molar-refractivity contribution in [3.63, 3.8) is 0 Å². The first-order valence-corrected chi connectivity index (χ1v) is 8.17. The molecule has 2 aliphatic carbocycles. The van der Waals surface area contributed by atoms with E-state index in [1.54, 1.807) is 0 Å². The fourth-order valence-corrected chi connectivity index (χ4v) is 3.78. The SMILES string of the molecule is C=C1C[C@H]2[C@H](/C=C/C(C)(O)CCCCC)[C@H](O)C[C@@H]2C1=O. The minimum absolute atomic E-state index is 0.0316. The number of hydrogen-bond acceptors (Lipinski definition) is 3. The molecule has 0 aromatic heterocycles. The first-order chi connectivity index (χ1) is 9.85. The molecule has 2 aliphatic rings. The molecule has 0 aromatic rings. The van der Waals surface area contributed by atoms with Gasteiger partial charge in [0.25, 0.3) is 0 Å². The quantitative estimate of drug-likeness (QED) is 0.449. The van der Waals surface area contributed by atoms with Crippen LogP contribution in [0.2, 0.25) is 0 Å². The molecule has 0 radical (unpaired) electrons. The molecule has 2 saturated carbocycles. The third-order valence-corrected chi connectivity index (χ3v) is 5.08. The minimum atomic E-state index is -0.827. The average Bonchev–Trinajstić information content (AvgIpc) is 2.85. The second-order valence-corrected chi connectivity index (χ2v) is 7.00. The monoisotopic (exact) mass is 292 g/mol. The van der Waals surface area contributed by atoms with Gasteiger partial charge in [-0.3, -0.25) is 4.79 Å². The maximum atomic E-state index is 12.0. The van der Waals surface area contributed by atoms with Gasteiger partial charge in [0, 0.05) is 11.8 Å². The Labute approximate surface area is 127 Å². The van der Waals surface area contributed by atoms with E-state index >= 15 is 0 Å². The van der Waals surface area contributed by atoms with Crippen molar-refractivity contribution in [2.75, 3.05) is 0 Å². The van der Waals surface area contributed by atoms with Gasteiger partial charge in [-0.1, -0.05) is 44.9 Å². The summed E-state index contributed by atoms with van der Waals surface area (Å²) in [5.41, 5.74) is -0.128. The Hall–Kier alpha value is -0.930. The number of rotatable bonds is 6. The standard InChI is InChI=1S/C18H28O3/c1-4-5-6-8-18(3,21)9-7-13-14-10-12(2)17(20)15(14)11-16(13)19/h7,9,13-16,19,21H,2,4-6,8,10-11H2,1,3H3/b9-7+/t13-,14-,15-,16+,18?/m0/s1. The van der Waals surface area contributed by atoms with Crippen molar-refractivity contribution in [2.24, 2.45) is 17.8 Å². The number of unbranched alkanes of at least 4 members (excludes halogenated alkanes) is 2. The molecule has 0 bridgehead atoms. The van der Waals surface area contributed by atoms with Gasteiger partial charge >= 0.3 is 0 Å². The number of aliphatic hydroxyl groups is 2. The van der Waals surface area contributed by atoms with Crippen molar-refractivity contribution < 1.29 is 15.0 Å². The summed E-state index contributed by atoms with van der Waals surface area (Å²) >= 11 is 0. The van der Waals surface area contributed by atoms with Crippen LogP contribution in [0.5, 0.6) is 0 Å². The molecule has 5 atom stereocenters. The Bertz CT molecular complexity index is 436. The average molecular weight is 292 g/mol. The Morgan fingerprint density at radius 2 is 2.14 bits per heavy atom. The van der Waals surface area contributed by atoms with Gasteiger partial charge in [0.15, 0.2) is 5.78 Å². The first-order valence-electron chi connectivity index (χ1n) is 8.17. The summed E-state index contributed by atoms with van der Waals surface area (Å²) in [5, 5.41) is 20.6. The van der Waals surface area contributed by atoms with Gasteiger partial charge in [0.1, 0.15) is 0 Å². The summed E-state index contributed by atoms with van der Waals surface area (Å²) in [6.07, 6.45) is 8.51. The Morgan fingerprint density at radius 1 is 1.43 bits per heavy atom. The molecule has 0 amide bonds. The molecule has 0 aromatic carbocycles. The second kappa shape index (κ2) is 6.45. The first kappa shape index (κ1) is 16.4. The zero-order chi connectivity index (χ0) is 15.6. The highest BCUT2D eigenvalue weighted by molar-refractivity contribution is 5.99. The molecule has 0 spiro atoms. The lowest BCUT2D eigenvalue weighted by Crippen LogP contribution is -2.23. The van der Waals surface area contributed by atoms with Crippen molar-refractivity contribution in [1.29, 1.82) is 0 Å². The van der Waals surface area contributed by atoms with E-state index in [0.717, 1.165) is 25.7 Å². The van der Waals surface area contributed by atoms with E-state index in [2.05, 4.69) is 13.5 Å². The number of fused-ring (bicyclic) bond motifs is 1. The highest BCUT2D eigenvalue weighted by atomic mass is 16.3. The maximum Gasteiger partial charge on any atom is 0.161 e. The molecule has 2 N–H and O–H groups in total. The number of allylic oxidation sites excluding steroid dienone is 1. The van der Waals surface area contributed by atoms with Crippen LogP contribution in [-0.4, -0.2) is 27.7 Å². The van der Waals surface area contributed by atoms with Crippen molar-refractivity contribution in [3.8, 4) is 0 Å². The van der Waals surface area contributed by atoms with Crippen molar-refractivity contribution >= 4 is 5.78 Å². The van der Waals surface area contributed by atoms with Crippen LogP contribution in [-0.2, 0) is 4.79 Å². The summed E-state index contributed by atoms with van der Waals surface area (Å²) in [6, 6.07) is 0. The summed E-state index contributed by atoms with van der Waals surface area (Å²) in [7, 11) is 0. The second-order valence-electron chi connectivity index (χ2n) is 7.00. The molecule has 3 nitrogen and oxygen atoms in total. The zero-order valence-corrected chi connectivity index (χ0v) is 13.2. The number of hydrogen-bond donors (Lipinski definition) is 2. The van der Waals surface area contributed by atoms with Crippen LogP contribution in [0.3, 0.4) is 0 Å². The van der Waals surface area contributed by atoms with Crippen LogP contribution in [0.25, 0.3) is 0 Å². The Morgan fingerprint density at radius 3 is 2.81 bits per heavy atom. The highest BCUT2D eigenvalue weighted by Crippen LogP contribution is 2.48. The van der Waals surface area contributed by atoms with Gasteiger partial charge in [-0.2, -0.15) is 0 Å². The molecule has 21 heavy (non-hydrogen) atoms. The van der Waals surface area contributed by atoms with Gasteiger partial charge < -0.3 is 10.2 Å². The van der Waals surface area contributed by atoms with Crippen molar-refractivity contribution in [2.45, 2.75) is 64.1 Å². The third-order valence-electron chi connectivity index (χ3n) is 5.08. The van der Waals surface area contributed by atoms with E-state index in [1.165, 1.54) is 0 Å². The van der Waals surface area contributed by atoms with Crippen molar-refractivity contribution in [1.82, 2.24) is 0 Å². The van der Waals surface area contributed by atoms with E-state index in [9.17, 15) is 15.0 Å². The van der Waals surface area contributed by atoms with Crippen LogP contribution in [0, 0.1) is 17.8 Å². The van der Waals surface area contributed by atoms with E-state index in [-0.39, 0.29) is 23.5 Å². The molecule has 118 valence electrons.